The monoisotopic (exact) mass is 615 g/mol. The lowest BCUT2D eigenvalue weighted by Gasteiger charge is -2.35. The van der Waals surface area contributed by atoms with E-state index in [9.17, 15) is 4.79 Å². The summed E-state index contributed by atoms with van der Waals surface area (Å²) in [5.41, 5.74) is 5.07. The number of methoxy groups -OCH3 is 2. The van der Waals surface area contributed by atoms with Gasteiger partial charge in [0, 0.05) is 67.1 Å². The van der Waals surface area contributed by atoms with Crippen LogP contribution in [0.25, 0.3) is 22.3 Å². The van der Waals surface area contributed by atoms with E-state index in [1.165, 1.54) is 0 Å². The Morgan fingerprint density at radius 1 is 1.09 bits per heavy atom. The summed E-state index contributed by atoms with van der Waals surface area (Å²) in [5.74, 6) is 2.07. The maximum atomic E-state index is 12.6. The van der Waals surface area contributed by atoms with Crippen LogP contribution >= 0.6 is 0 Å². The number of nitrogens with one attached hydrogen (secondary N) is 1. The van der Waals surface area contributed by atoms with Crippen LogP contribution in [0.1, 0.15) is 69.3 Å². The largest absolute Gasteiger partial charge is 0.481 e. The van der Waals surface area contributed by atoms with Gasteiger partial charge in [0.1, 0.15) is 11.4 Å². The minimum absolute atomic E-state index is 0.0211. The minimum Gasteiger partial charge on any atom is -0.481 e. The summed E-state index contributed by atoms with van der Waals surface area (Å²) in [5, 5.41) is 10.1. The highest BCUT2D eigenvalue weighted by molar-refractivity contribution is 5.86. The quantitative estimate of drug-likeness (QED) is 0.261. The van der Waals surface area contributed by atoms with Crippen molar-refractivity contribution in [3.63, 3.8) is 0 Å². The number of fused-ring (bicyclic) bond motifs is 3. The number of ether oxygens (including phenoxy) is 4. The van der Waals surface area contributed by atoms with Crippen LogP contribution < -0.4 is 14.4 Å². The third-order valence-corrected chi connectivity index (χ3v) is 8.47. The zero-order valence-corrected chi connectivity index (χ0v) is 26.8. The van der Waals surface area contributed by atoms with Crippen LogP contribution in [0.3, 0.4) is 0 Å². The Morgan fingerprint density at radius 3 is 2.60 bits per heavy atom. The van der Waals surface area contributed by atoms with E-state index < -0.39 is 5.60 Å². The number of hydrogen-bond donors (Lipinski definition) is 1. The average molecular weight is 616 g/mol. The van der Waals surface area contributed by atoms with Gasteiger partial charge >= 0.3 is 6.09 Å². The lowest BCUT2D eigenvalue weighted by molar-refractivity contribution is 0.0204. The first kappa shape index (κ1) is 30.6. The summed E-state index contributed by atoms with van der Waals surface area (Å²) in [4.78, 5) is 29.8. The van der Waals surface area contributed by atoms with E-state index in [-0.39, 0.29) is 24.8 Å². The molecule has 0 bridgehead atoms. The van der Waals surface area contributed by atoms with Crippen molar-refractivity contribution in [1.29, 1.82) is 0 Å². The van der Waals surface area contributed by atoms with E-state index >= 15 is 0 Å². The third kappa shape index (κ3) is 6.24. The summed E-state index contributed by atoms with van der Waals surface area (Å²) in [6.45, 7) is 9.94. The van der Waals surface area contributed by atoms with Crippen molar-refractivity contribution in [2.45, 2.75) is 64.5 Å². The second-order valence-electron chi connectivity index (χ2n) is 12.6. The van der Waals surface area contributed by atoms with E-state index in [1.807, 2.05) is 51.2 Å². The maximum absolute atomic E-state index is 12.6. The van der Waals surface area contributed by atoms with Crippen LogP contribution in [0.15, 0.2) is 36.5 Å². The highest BCUT2D eigenvalue weighted by Gasteiger charge is 2.33. The number of amides is 1. The summed E-state index contributed by atoms with van der Waals surface area (Å²) in [6.07, 6.45) is 4.00. The number of para-hydroxylation sites is 1. The molecular formula is C33H41N7O5. The molecule has 4 aromatic rings. The average Bonchev–Trinajstić information content (AvgIpc) is 3.42. The van der Waals surface area contributed by atoms with Crippen molar-refractivity contribution in [1.82, 2.24) is 30.0 Å². The zero-order chi connectivity index (χ0) is 31.7. The number of H-pyrrole nitrogens is 1. The molecule has 1 amide bonds. The van der Waals surface area contributed by atoms with Gasteiger partial charge in [-0.25, -0.2) is 9.78 Å². The van der Waals surface area contributed by atoms with E-state index in [0.29, 0.717) is 30.7 Å². The second-order valence-corrected chi connectivity index (χ2v) is 12.6. The van der Waals surface area contributed by atoms with E-state index in [0.717, 1.165) is 64.9 Å². The lowest BCUT2D eigenvalue weighted by Crippen LogP contribution is -2.41. The molecule has 2 aliphatic rings. The number of rotatable bonds is 7. The summed E-state index contributed by atoms with van der Waals surface area (Å²) in [7, 11) is 3.25. The Labute approximate surface area is 263 Å². The molecular weight excluding hydrogens is 574 g/mol. The van der Waals surface area contributed by atoms with Crippen molar-refractivity contribution >= 4 is 23.1 Å². The van der Waals surface area contributed by atoms with Crippen molar-refractivity contribution < 1.29 is 23.7 Å². The number of carbonyl (C=O) groups is 1. The number of aromatic nitrogens is 5. The van der Waals surface area contributed by atoms with Crippen molar-refractivity contribution in [2.24, 2.45) is 0 Å². The summed E-state index contributed by atoms with van der Waals surface area (Å²) >= 11 is 0. The SMILES string of the molecule is COCOc1ccccc1-c1cc2c3c([nH]c2nn1)CCN(c1ncc(C2CCN(C(=O)OC(C)(C)C)CC2)c(OC)n1)[C@@H]3C. The number of carbonyl (C=O) groups excluding carboxylic acids is 1. The van der Waals surface area contributed by atoms with E-state index in [4.69, 9.17) is 28.9 Å². The fourth-order valence-electron chi connectivity index (χ4n) is 6.30. The molecule has 238 valence electrons. The Kier molecular flexibility index (Phi) is 8.50. The lowest BCUT2D eigenvalue weighted by atomic mass is 9.91. The highest BCUT2D eigenvalue weighted by Crippen LogP contribution is 2.40. The van der Waals surface area contributed by atoms with Gasteiger partial charge < -0.3 is 33.7 Å². The normalized spacial score (nSPS) is 17.3. The predicted octanol–water partition coefficient (Wildman–Crippen LogP) is 5.64. The summed E-state index contributed by atoms with van der Waals surface area (Å²) < 4.78 is 22.3. The first-order chi connectivity index (χ1) is 21.7. The first-order valence-electron chi connectivity index (χ1n) is 15.4. The number of benzene rings is 1. The Hall–Kier alpha value is -4.45. The Balaban J connectivity index is 1.23. The van der Waals surface area contributed by atoms with Crippen LogP contribution in [-0.4, -0.2) is 82.4 Å². The van der Waals surface area contributed by atoms with Gasteiger partial charge in [-0.2, -0.15) is 4.98 Å². The van der Waals surface area contributed by atoms with Gasteiger partial charge in [-0.05, 0) is 64.7 Å². The molecule has 1 aromatic carbocycles. The second kappa shape index (κ2) is 12.5. The molecule has 1 N–H and O–H groups in total. The number of aromatic amines is 1. The number of anilines is 1. The molecule has 0 saturated carbocycles. The first-order valence-corrected chi connectivity index (χ1v) is 15.4. The van der Waals surface area contributed by atoms with Crippen LogP contribution in [0, 0.1) is 0 Å². The minimum atomic E-state index is -0.514. The highest BCUT2D eigenvalue weighted by atomic mass is 16.7. The molecule has 5 heterocycles. The van der Waals surface area contributed by atoms with Gasteiger partial charge in [-0.15, -0.1) is 10.2 Å². The molecule has 0 spiro atoms. The van der Waals surface area contributed by atoms with Crippen molar-refractivity contribution in [3.8, 4) is 22.9 Å². The van der Waals surface area contributed by atoms with E-state index in [1.54, 1.807) is 19.1 Å². The third-order valence-electron chi connectivity index (χ3n) is 8.47. The van der Waals surface area contributed by atoms with Crippen molar-refractivity contribution in [3.05, 3.63) is 53.3 Å². The van der Waals surface area contributed by atoms with Crippen LogP contribution in [0.5, 0.6) is 11.6 Å². The molecule has 0 unspecified atom stereocenters. The zero-order valence-electron chi connectivity index (χ0n) is 26.8. The molecule has 1 fully saturated rings. The van der Waals surface area contributed by atoms with Gasteiger partial charge in [0.05, 0.1) is 18.8 Å². The molecule has 45 heavy (non-hydrogen) atoms. The molecule has 3 aromatic heterocycles. The maximum Gasteiger partial charge on any atom is 0.410 e. The van der Waals surface area contributed by atoms with Crippen LogP contribution in [0.2, 0.25) is 0 Å². The molecule has 0 radical (unpaired) electrons. The predicted molar refractivity (Wildman–Crippen MR) is 170 cm³/mol. The van der Waals surface area contributed by atoms with Gasteiger partial charge in [0.15, 0.2) is 12.4 Å². The summed E-state index contributed by atoms with van der Waals surface area (Å²) in [6, 6.07) is 9.80. The van der Waals surface area contributed by atoms with E-state index in [2.05, 4.69) is 33.1 Å². The fraction of sp³-hybridized carbons (Fsp3) is 0.485. The Morgan fingerprint density at radius 2 is 1.87 bits per heavy atom. The van der Waals surface area contributed by atoms with Gasteiger partial charge in [0.2, 0.25) is 11.8 Å². The molecule has 1 atom stereocenters. The molecule has 2 aliphatic heterocycles. The molecule has 12 nitrogen and oxygen atoms in total. The van der Waals surface area contributed by atoms with Gasteiger partial charge in [-0.1, -0.05) is 12.1 Å². The molecule has 0 aliphatic carbocycles. The van der Waals surface area contributed by atoms with Crippen molar-refractivity contribution in [2.75, 3.05) is 45.5 Å². The van der Waals surface area contributed by atoms with Crippen LogP contribution in [-0.2, 0) is 15.9 Å². The molecule has 1 saturated heterocycles. The smallest absolute Gasteiger partial charge is 0.410 e. The number of nitrogens with zero attached hydrogens (tertiary/aromatic N) is 6. The molecule has 12 heteroatoms. The van der Waals surface area contributed by atoms with Gasteiger partial charge in [-0.3, -0.25) is 0 Å². The fourth-order valence-corrected chi connectivity index (χ4v) is 6.30. The Bertz CT molecular complexity index is 1680. The van der Waals surface area contributed by atoms with Crippen LogP contribution in [0.4, 0.5) is 10.7 Å². The molecule has 6 rings (SSSR count). The standard InChI is InChI=1S/C33H41N7O5/c1-20-28-23-17-26(22-9-7-8-10-27(22)44-19-42-5)37-38-29(23)35-25(28)13-16-40(20)31-34-18-24(30(36-31)43-6)21-11-14-39(15-12-21)32(41)45-33(2,3)4/h7-10,17-18,20-21H,11-16,19H2,1-6H3,(H,35,38)/t20-/m1/s1. The number of likely N-dealkylation sites (tertiary alicyclic amines) is 1. The number of hydrogen-bond acceptors (Lipinski definition) is 10. The van der Waals surface area contributed by atoms with Gasteiger partial charge in [0.25, 0.3) is 0 Å². The topological polar surface area (TPSA) is 128 Å². The number of piperidine rings is 1.